The highest BCUT2D eigenvalue weighted by atomic mass is 16.5. The molecular formula is C33H28N2O5. The van der Waals surface area contributed by atoms with Crippen molar-refractivity contribution in [3.8, 4) is 5.75 Å². The van der Waals surface area contributed by atoms with E-state index in [0.29, 0.717) is 17.7 Å². The Hall–Kier alpha value is -5.04. The minimum absolute atomic E-state index is 0.0995. The van der Waals surface area contributed by atoms with Crippen molar-refractivity contribution in [2.24, 2.45) is 5.10 Å². The molecule has 1 amide bonds. The predicted octanol–water partition coefficient (Wildman–Crippen LogP) is 5.77. The van der Waals surface area contributed by atoms with E-state index in [2.05, 4.69) is 5.10 Å². The van der Waals surface area contributed by atoms with Gasteiger partial charge < -0.3 is 9.47 Å². The number of hydrogen-bond donors (Lipinski definition) is 0. The van der Waals surface area contributed by atoms with Crippen LogP contribution in [0.2, 0.25) is 0 Å². The molecule has 4 aromatic rings. The molecule has 0 aromatic heterocycles. The van der Waals surface area contributed by atoms with Crippen molar-refractivity contribution < 1.29 is 23.9 Å². The summed E-state index contributed by atoms with van der Waals surface area (Å²) >= 11 is 0. The highest BCUT2D eigenvalue weighted by molar-refractivity contribution is 6.14. The van der Waals surface area contributed by atoms with E-state index in [4.69, 9.17) is 9.47 Å². The van der Waals surface area contributed by atoms with Crippen molar-refractivity contribution >= 4 is 23.4 Å². The number of carbonyl (C=O) groups excluding carboxylic acids is 3. The highest BCUT2D eigenvalue weighted by Crippen LogP contribution is 2.33. The van der Waals surface area contributed by atoms with E-state index >= 15 is 0 Å². The number of carbonyl (C=O) groups is 3. The molecule has 0 saturated heterocycles. The standard InChI is InChI=1S/C33H28N2O5/c1-22-12-14-25(15-13-22)32(37)27-10-6-7-11-28(27)33(38)40-21-31(36)35-30(24-16-18-26(39-2)19-17-24)20-29(34-35)23-8-4-3-5-9-23/h3-19,30H,20-21H2,1-2H3. The Bertz CT molecular complexity index is 1560. The zero-order valence-electron chi connectivity index (χ0n) is 22.2. The number of nitrogens with zero attached hydrogens (tertiary/aromatic N) is 2. The van der Waals surface area contributed by atoms with E-state index in [1.807, 2.05) is 73.7 Å². The summed E-state index contributed by atoms with van der Waals surface area (Å²) in [5.41, 5.74) is 4.35. The Morgan fingerprint density at radius 2 is 1.48 bits per heavy atom. The number of aryl methyl sites for hydroxylation is 1. The highest BCUT2D eigenvalue weighted by Gasteiger charge is 2.34. The van der Waals surface area contributed by atoms with Gasteiger partial charge in [-0.1, -0.05) is 90.5 Å². The SMILES string of the molecule is COc1ccc(C2CC(c3ccccc3)=NN2C(=O)COC(=O)c2ccccc2C(=O)c2ccc(C)cc2)cc1. The number of esters is 1. The van der Waals surface area contributed by atoms with Gasteiger partial charge in [-0.3, -0.25) is 9.59 Å². The summed E-state index contributed by atoms with van der Waals surface area (Å²) in [5.74, 6) is -0.814. The summed E-state index contributed by atoms with van der Waals surface area (Å²) in [5, 5.41) is 6.00. The fourth-order valence-corrected chi connectivity index (χ4v) is 4.62. The zero-order valence-corrected chi connectivity index (χ0v) is 22.2. The first-order chi connectivity index (χ1) is 19.4. The molecule has 0 radical (unpaired) electrons. The minimum Gasteiger partial charge on any atom is -0.497 e. The lowest BCUT2D eigenvalue weighted by Crippen LogP contribution is -2.31. The van der Waals surface area contributed by atoms with Gasteiger partial charge in [0.05, 0.1) is 24.4 Å². The summed E-state index contributed by atoms with van der Waals surface area (Å²) in [4.78, 5) is 39.6. The second-order valence-electron chi connectivity index (χ2n) is 9.46. The number of hydrazone groups is 1. The molecule has 1 aliphatic rings. The third kappa shape index (κ3) is 5.68. The molecule has 7 heteroatoms. The number of hydrogen-bond acceptors (Lipinski definition) is 6. The van der Waals surface area contributed by atoms with Gasteiger partial charge in [-0.25, -0.2) is 9.80 Å². The zero-order chi connectivity index (χ0) is 28.1. The van der Waals surface area contributed by atoms with Crippen LogP contribution in [0.3, 0.4) is 0 Å². The van der Waals surface area contributed by atoms with Crippen molar-refractivity contribution in [1.29, 1.82) is 0 Å². The van der Waals surface area contributed by atoms with Gasteiger partial charge in [0.1, 0.15) is 5.75 Å². The number of benzene rings is 4. The van der Waals surface area contributed by atoms with Crippen LogP contribution in [0.15, 0.2) is 108 Å². The third-order valence-electron chi connectivity index (χ3n) is 6.81. The van der Waals surface area contributed by atoms with Crippen LogP contribution in [-0.4, -0.2) is 42.1 Å². The maximum absolute atomic E-state index is 13.4. The number of amides is 1. The second-order valence-corrected chi connectivity index (χ2v) is 9.46. The summed E-state index contributed by atoms with van der Waals surface area (Å²) in [7, 11) is 1.60. The number of methoxy groups -OCH3 is 1. The van der Waals surface area contributed by atoms with Crippen molar-refractivity contribution in [1.82, 2.24) is 5.01 Å². The van der Waals surface area contributed by atoms with Crippen LogP contribution < -0.4 is 4.74 Å². The van der Waals surface area contributed by atoms with E-state index in [0.717, 1.165) is 22.4 Å². The van der Waals surface area contributed by atoms with Crippen molar-refractivity contribution in [3.63, 3.8) is 0 Å². The molecule has 1 atom stereocenters. The Balaban J connectivity index is 1.35. The molecule has 0 N–H and O–H groups in total. The van der Waals surface area contributed by atoms with Gasteiger partial charge in [-0.2, -0.15) is 5.10 Å². The molecule has 7 nitrogen and oxygen atoms in total. The topological polar surface area (TPSA) is 85.3 Å². The number of rotatable bonds is 8. The summed E-state index contributed by atoms with van der Waals surface area (Å²) in [6.45, 7) is 1.41. The van der Waals surface area contributed by atoms with E-state index < -0.39 is 18.5 Å². The maximum atomic E-state index is 13.4. The van der Waals surface area contributed by atoms with Crippen LogP contribution in [0.4, 0.5) is 0 Å². The molecule has 40 heavy (non-hydrogen) atoms. The third-order valence-corrected chi connectivity index (χ3v) is 6.81. The molecule has 4 aromatic carbocycles. The maximum Gasteiger partial charge on any atom is 0.339 e. The van der Waals surface area contributed by atoms with Gasteiger partial charge in [0, 0.05) is 17.5 Å². The fourth-order valence-electron chi connectivity index (χ4n) is 4.62. The first kappa shape index (κ1) is 26.6. The first-order valence-corrected chi connectivity index (χ1v) is 12.9. The van der Waals surface area contributed by atoms with E-state index in [9.17, 15) is 14.4 Å². The lowest BCUT2D eigenvalue weighted by molar-refractivity contribution is -0.136. The molecule has 1 unspecified atom stereocenters. The van der Waals surface area contributed by atoms with E-state index in [-0.39, 0.29) is 23.0 Å². The van der Waals surface area contributed by atoms with Gasteiger partial charge >= 0.3 is 5.97 Å². The van der Waals surface area contributed by atoms with Crippen molar-refractivity contribution in [2.45, 2.75) is 19.4 Å². The van der Waals surface area contributed by atoms with Gasteiger partial charge in [-0.05, 0) is 36.2 Å². The van der Waals surface area contributed by atoms with Crippen LogP contribution in [0.1, 0.15) is 55.4 Å². The summed E-state index contributed by atoms with van der Waals surface area (Å²) in [6.07, 6.45) is 0.504. The van der Waals surface area contributed by atoms with Crippen LogP contribution in [0, 0.1) is 6.92 Å². The molecule has 0 spiro atoms. The first-order valence-electron chi connectivity index (χ1n) is 12.9. The predicted molar refractivity (Wildman–Crippen MR) is 152 cm³/mol. The van der Waals surface area contributed by atoms with Gasteiger partial charge in [-0.15, -0.1) is 0 Å². The molecule has 0 aliphatic carbocycles. The van der Waals surface area contributed by atoms with Crippen LogP contribution >= 0.6 is 0 Å². The van der Waals surface area contributed by atoms with Crippen molar-refractivity contribution in [2.75, 3.05) is 13.7 Å². The second kappa shape index (κ2) is 11.8. The average Bonchev–Trinajstić information content (AvgIpc) is 3.46. The van der Waals surface area contributed by atoms with E-state index in [1.54, 1.807) is 37.4 Å². The fraction of sp³-hybridized carbons (Fsp3) is 0.152. The van der Waals surface area contributed by atoms with Gasteiger partial charge in [0.2, 0.25) is 0 Å². The molecule has 1 aliphatic heterocycles. The molecular weight excluding hydrogens is 504 g/mol. The summed E-state index contributed by atoms with van der Waals surface area (Å²) in [6, 6.07) is 30.3. The van der Waals surface area contributed by atoms with Crippen LogP contribution in [0.5, 0.6) is 5.75 Å². The Morgan fingerprint density at radius 3 is 2.15 bits per heavy atom. The molecule has 1 heterocycles. The quantitative estimate of drug-likeness (QED) is 0.213. The molecule has 5 rings (SSSR count). The normalized spacial score (nSPS) is 14.4. The van der Waals surface area contributed by atoms with Crippen LogP contribution in [0.25, 0.3) is 0 Å². The summed E-state index contributed by atoms with van der Waals surface area (Å²) < 4.78 is 10.7. The molecule has 200 valence electrons. The lowest BCUT2D eigenvalue weighted by atomic mass is 9.98. The Kier molecular flexibility index (Phi) is 7.82. The number of ketones is 1. The number of ether oxygens (including phenoxy) is 2. The van der Waals surface area contributed by atoms with Crippen LogP contribution in [-0.2, 0) is 9.53 Å². The van der Waals surface area contributed by atoms with Gasteiger partial charge in [0.15, 0.2) is 12.4 Å². The smallest absolute Gasteiger partial charge is 0.339 e. The molecule has 0 fully saturated rings. The minimum atomic E-state index is -0.753. The van der Waals surface area contributed by atoms with Gasteiger partial charge in [0.25, 0.3) is 5.91 Å². The largest absolute Gasteiger partial charge is 0.497 e. The lowest BCUT2D eigenvalue weighted by Gasteiger charge is -2.22. The molecule has 0 saturated carbocycles. The molecule has 0 bridgehead atoms. The average molecular weight is 533 g/mol. The monoisotopic (exact) mass is 532 g/mol. The Morgan fingerprint density at radius 1 is 0.825 bits per heavy atom. The Labute approximate surface area is 232 Å². The van der Waals surface area contributed by atoms with E-state index in [1.165, 1.54) is 11.1 Å². The van der Waals surface area contributed by atoms with Crippen molar-refractivity contribution in [3.05, 3.63) is 137 Å².